The summed E-state index contributed by atoms with van der Waals surface area (Å²) in [5.41, 5.74) is 6.76. The maximum atomic E-state index is 5.61. The maximum Gasteiger partial charge on any atom is 0.108 e. The van der Waals surface area contributed by atoms with Crippen molar-refractivity contribution in [2.75, 3.05) is 0 Å². The molecule has 1 aromatic heterocycles. The van der Waals surface area contributed by atoms with Crippen molar-refractivity contribution in [3.05, 3.63) is 40.1 Å². The van der Waals surface area contributed by atoms with E-state index >= 15 is 0 Å². The fourth-order valence-corrected chi connectivity index (χ4v) is 2.23. The molecule has 0 bridgehead atoms. The number of hydrogen-bond donors (Lipinski definition) is 0. The van der Waals surface area contributed by atoms with Gasteiger partial charge in [-0.15, -0.1) is 12.8 Å². The van der Waals surface area contributed by atoms with Crippen molar-refractivity contribution in [3.8, 4) is 35.9 Å². The topological polar surface area (TPSA) is 17.8 Å². The highest BCUT2D eigenvalue weighted by Gasteiger charge is 2.15. The minimum atomic E-state index is 0.830. The molecule has 0 spiro atoms. The highest BCUT2D eigenvalue weighted by Crippen LogP contribution is 2.29. The van der Waals surface area contributed by atoms with Gasteiger partial charge >= 0.3 is 0 Å². The van der Waals surface area contributed by atoms with Crippen LogP contribution in [0.4, 0.5) is 0 Å². The molecule has 0 aliphatic carbocycles. The van der Waals surface area contributed by atoms with E-state index in [4.69, 9.17) is 12.8 Å². The molecule has 1 heterocycles. The third-order valence-corrected chi connectivity index (χ3v) is 3.46. The number of hydrogen-bond acceptors (Lipinski definition) is 1. The fraction of sp³-hybridized carbons (Fsp3) is 0.235. The maximum absolute atomic E-state index is 5.61. The number of benzene rings is 1. The van der Waals surface area contributed by atoms with E-state index in [1.807, 2.05) is 33.9 Å². The Balaban J connectivity index is 2.77. The van der Waals surface area contributed by atoms with Crippen molar-refractivity contribution in [1.82, 2.24) is 9.78 Å². The summed E-state index contributed by atoms with van der Waals surface area (Å²) in [6.07, 6.45) is 11.1. The third-order valence-electron chi connectivity index (χ3n) is 3.46. The molecular formula is C17H16N2. The molecule has 0 atom stereocenters. The van der Waals surface area contributed by atoms with Crippen molar-refractivity contribution in [2.45, 2.75) is 20.8 Å². The average Bonchev–Trinajstić information content (AvgIpc) is 2.65. The molecule has 2 rings (SSSR count). The average molecular weight is 248 g/mol. The van der Waals surface area contributed by atoms with Gasteiger partial charge < -0.3 is 0 Å². The molecule has 0 saturated carbocycles. The van der Waals surface area contributed by atoms with Crippen molar-refractivity contribution >= 4 is 0 Å². The van der Waals surface area contributed by atoms with Gasteiger partial charge in [0.25, 0.3) is 0 Å². The Kier molecular flexibility index (Phi) is 3.19. The molecule has 19 heavy (non-hydrogen) atoms. The van der Waals surface area contributed by atoms with E-state index in [-0.39, 0.29) is 0 Å². The monoisotopic (exact) mass is 248 g/mol. The molecule has 2 nitrogen and oxygen atoms in total. The van der Waals surface area contributed by atoms with E-state index in [0.29, 0.717) is 0 Å². The number of terminal acetylenes is 2. The molecule has 94 valence electrons. The van der Waals surface area contributed by atoms with Crippen molar-refractivity contribution in [1.29, 1.82) is 0 Å². The van der Waals surface area contributed by atoms with Crippen molar-refractivity contribution in [2.24, 2.45) is 7.05 Å². The van der Waals surface area contributed by atoms with Gasteiger partial charge in [0.2, 0.25) is 0 Å². The van der Waals surface area contributed by atoms with E-state index in [1.165, 1.54) is 0 Å². The lowest BCUT2D eigenvalue weighted by Gasteiger charge is -2.07. The molecule has 0 amide bonds. The summed E-state index contributed by atoms with van der Waals surface area (Å²) in [6.45, 7) is 6.03. The zero-order valence-electron chi connectivity index (χ0n) is 11.7. The number of aromatic nitrogens is 2. The van der Waals surface area contributed by atoms with Gasteiger partial charge in [0.1, 0.15) is 5.69 Å². The molecule has 0 aliphatic heterocycles. The van der Waals surface area contributed by atoms with Crippen LogP contribution in [0.1, 0.15) is 27.9 Å². The van der Waals surface area contributed by atoms with E-state index < -0.39 is 0 Å². The Morgan fingerprint density at radius 1 is 1.05 bits per heavy atom. The predicted molar refractivity (Wildman–Crippen MR) is 78.7 cm³/mol. The molecule has 0 N–H and O–H groups in total. The molecule has 0 fully saturated rings. The van der Waals surface area contributed by atoms with Gasteiger partial charge in [-0.25, -0.2) is 0 Å². The minimum Gasteiger partial charge on any atom is -0.271 e. The molecule has 2 aromatic rings. The summed E-state index contributed by atoms with van der Waals surface area (Å²) in [7, 11) is 1.89. The van der Waals surface area contributed by atoms with Gasteiger partial charge in [0.15, 0.2) is 0 Å². The minimum absolute atomic E-state index is 0.830. The summed E-state index contributed by atoms with van der Waals surface area (Å²) in [4.78, 5) is 0. The lowest BCUT2D eigenvalue weighted by atomic mass is 9.96. The molecular weight excluding hydrogens is 232 g/mol. The Labute approximate surface area is 114 Å². The second-order valence-corrected chi connectivity index (χ2v) is 4.70. The van der Waals surface area contributed by atoms with Crippen LogP contribution in [0.15, 0.2) is 12.1 Å². The van der Waals surface area contributed by atoms with Gasteiger partial charge in [0.05, 0.1) is 11.3 Å². The smallest absolute Gasteiger partial charge is 0.108 e. The Hall–Kier alpha value is -2.45. The second-order valence-electron chi connectivity index (χ2n) is 4.70. The van der Waals surface area contributed by atoms with Crippen LogP contribution in [0.25, 0.3) is 11.3 Å². The number of rotatable bonds is 1. The van der Waals surface area contributed by atoms with Crippen LogP contribution in [0.2, 0.25) is 0 Å². The highest BCUT2D eigenvalue weighted by atomic mass is 15.3. The zero-order valence-corrected chi connectivity index (χ0v) is 11.7. The first-order valence-corrected chi connectivity index (χ1v) is 6.08. The van der Waals surface area contributed by atoms with E-state index in [1.54, 1.807) is 4.68 Å². The number of nitrogens with zero attached hydrogens (tertiary/aromatic N) is 2. The summed E-state index contributed by atoms with van der Waals surface area (Å²) in [5.74, 6) is 5.43. The van der Waals surface area contributed by atoms with E-state index in [2.05, 4.69) is 23.0 Å². The molecule has 1 aromatic carbocycles. The van der Waals surface area contributed by atoms with Gasteiger partial charge in [-0.3, -0.25) is 4.68 Å². The Morgan fingerprint density at radius 3 is 2.32 bits per heavy atom. The summed E-state index contributed by atoms with van der Waals surface area (Å²) < 4.78 is 1.80. The van der Waals surface area contributed by atoms with Crippen LogP contribution in [-0.4, -0.2) is 9.78 Å². The van der Waals surface area contributed by atoms with Crippen molar-refractivity contribution < 1.29 is 0 Å². The quantitative estimate of drug-likeness (QED) is 0.709. The fourth-order valence-electron chi connectivity index (χ4n) is 2.23. The molecule has 0 saturated heterocycles. The van der Waals surface area contributed by atoms with Gasteiger partial charge in [-0.1, -0.05) is 17.9 Å². The Morgan fingerprint density at radius 2 is 1.74 bits per heavy atom. The standard InChI is InChI=1S/C17H16N2/c1-7-14-10-16(12(4)9-11(14)3)17-15(8-2)13(5)19(6)18-17/h1-2,9-10H,3-6H3. The van der Waals surface area contributed by atoms with E-state index in [9.17, 15) is 0 Å². The molecule has 0 aliphatic rings. The third kappa shape index (κ3) is 2.02. The molecule has 0 radical (unpaired) electrons. The first-order valence-electron chi connectivity index (χ1n) is 6.08. The molecule has 2 heteroatoms. The van der Waals surface area contributed by atoms with Gasteiger partial charge in [-0.2, -0.15) is 5.10 Å². The first-order chi connectivity index (χ1) is 8.99. The highest BCUT2D eigenvalue weighted by molar-refractivity contribution is 5.73. The zero-order chi connectivity index (χ0) is 14.2. The first kappa shape index (κ1) is 13.0. The SMILES string of the molecule is C#Cc1cc(-c2nn(C)c(C)c2C#C)c(C)cc1C. The van der Waals surface area contributed by atoms with Gasteiger partial charge in [-0.05, 0) is 38.0 Å². The summed E-state index contributed by atoms with van der Waals surface area (Å²) in [5, 5.41) is 4.52. The number of aryl methyl sites for hydroxylation is 3. The second kappa shape index (κ2) is 4.67. The van der Waals surface area contributed by atoms with Gasteiger partial charge in [0, 0.05) is 18.2 Å². The van der Waals surface area contributed by atoms with Crippen LogP contribution in [0, 0.1) is 45.5 Å². The lowest BCUT2D eigenvalue weighted by Crippen LogP contribution is -1.94. The van der Waals surface area contributed by atoms with Crippen LogP contribution in [-0.2, 0) is 7.05 Å². The lowest BCUT2D eigenvalue weighted by molar-refractivity contribution is 0.742. The van der Waals surface area contributed by atoms with Crippen LogP contribution >= 0.6 is 0 Å². The largest absolute Gasteiger partial charge is 0.271 e. The van der Waals surface area contributed by atoms with E-state index in [0.717, 1.165) is 39.2 Å². The Bertz CT molecular complexity index is 734. The summed E-state index contributed by atoms with van der Waals surface area (Å²) in [6, 6.07) is 4.07. The van der Waals surface area contributed by atoms with Crippen molar-refractivity contribution in [3.63, 3.8) is 0 Å². The van der Waals surface area contributed by atoms with Crippen LogP contribution in [0.5, 0.6) is 0 Å². The van der Waals surface area contributed by atoms with Crippen LogP contribution in [0.3, 0.4) is 0 Å². The molecule has 0 unspecified atom stereocenters. The predicted octanol–water partition coefficient (Wildman–Crippen LogP) is 2.97. The normalized spacial score (nSPS) is 10.0. The summed E-state index contributed by atoms with van der Waals surface area (Å²) >= 11 is 0. The van der Waals surface area contributed by atoms with Crippen LogP contribution < -0.4 is 0 Å².